The van der Waals surface area contributed by atoms with Crippen LogP contribution in [0.1, 0.15) is 20.7 Å². The van der Waals surface area contributed by atoms with Gasteiger partial charge in [-0.2, -0.15) is 0 Å². The summed E-state index contributed by atoms with van der Waals surface area (Å²) in [4.78, 5) is 23.5. The van der Waals surface area contributed by atoms with Crippen LogP contribution in [0.15, 0.2) is 23.6 Å². The third kappa shape index (κ3) is 3.37. The van der Waals surface area contributed by atoms with Crippen molar-refractivity contribution in [2.75, 3.05) is 26.6 Å². The zero-order chi connectivity index (χ0) is 17.0. The first-order valence-corrected chi connectivity index (χ1v) is 7.32. The number of thiophene rings is 1. The van der Waals surface area contributed by atoms with E-state index in [1.54, 1.807) is 5.38 Å². The summed E-state index contributed by atoms with van der Waals surface area (Å²) >= 11 is 1.13. The smallest absolute Gasteiger partial charge is 0.338 e. The van der Waals surface area contributed by atoms with Crippen molar-refractivity contribution in [2.24, 2.45) is 0 Å². The van der Waals surface area contributed by atoms with Gasteiger partial charge in [0, 0.05) is 5.56 Å². The van der Waals surface area contributed by atoms with E-state index in [2.05, 4.69) is 5.32 Å². The van der Waals surface area contributed by atoms with Gasteiger partial charge in [-0.1, -0.05) is 0 Å². The first kappa shape index (κ1) is 16.6. The lowest BCUT2D eigenvalue weighted by Gasteiger charge is -2.14. The number of hydrogen-bond acceptors (Lipinski definition) is 6. The molecule has 2 N–H and O–H groups in total. The Balaban J connectivity index is 2.36. The van der Waals surface area contributed by atoms with E-state index in [9.17, 15) is 9.59 Å². The van der Waals surface area contributed by atoms with Crippen LogP contribution in [0.2, 0.25) is 0 Å². The van der Waals surface area contributed by atoms with Crippen LogP contribution in [0.25, 0.3) is 0 Å². The highest BCUT2D eigenvalue weighted by Crippen LogP contribution is 2.38. The van der Waals surface area contributed by atoms with Gasteiger partial charge in [-0.3, -0.25) is 4.79 Å². The second-order valence-electron chi connectivity index (χ2n) is 4.34. The Morgan fingerprint density at radius 1 is 1.09 bits per heavy atom. The average Bonchev–Trinajstić information content (AvgIpc) is 3.01. The minimum atomic E-state index is -1.11. The largest absolute Gasteiger partial charge is 0.493 e. The first-order chi connectivity index (χ1) is 11.0. The van der Waals surface area contributed by atoms with Crippen LogP contribution in [0.4, 0.5) is 5.00 Å². The Bertz CT molecular complexity index is 714. The van der Waals surface area contributed by atoms with E-state index in [1.165, 1.54) is 39.5 Å². The molecule has 23 heavy (non-hydrogen) atoms. The van der Waals surface area contributed by atoms with Gasteiger partial charge >= 0.3 is 5.97 Å². The molecule has 0 fully saturated rings. The summed E-state index contributed by atoms with van der Waals surface area (Å²) in [6.07, 6.45) is 0. The maximum Gasteiger partial charge on any atom is 0.338 e. The fraction of sp³-hybridized carbons (Fsp3) is 0.200. The van der Waals surface area contributed by atoms with Crippen LogP contribution in [0.3, 0.4) is 0 Å². The summed E-state index contributed by atoms with van der Waals surface area (Å²) in [5, 5.41) is 13.5. The SMILES string of the molecule is COc1cc(C(=O)Nc2sccc2C(=O)O)cc(OC)c1OC. The number of benzene rings is 1. The highest BCUT2D eigenvalue weighted by molar-refractivity contribution is 7.14. The zero-order valence-corrected chi connectivity index (χ0v) is 13.5. The third-order valence-electron chi connectivity index (χ3n) is 3.05. The number of nitrogens with one attached hydrogen (secondary N) is 1. The number of rotatable bonds is 6. The van der Waals surface area contributed by atoms with Gasteiger partial charge in [0.05, 0.1) is 26.9 Å². The maximum absolute atomic E-state index is 12.4. The van der Waals surface area contributed by atoms with Gasteiger partial charge in [0.1, 0.15) is 5.00 Å². The molecule has 8 heteroatoms. The van der Waals surface area contributed by atoms with E-state index < -0.39 is 11.9 Å². The first-order valence-electron chi connectivity index (χ1n) is 6.44. The van der Waals surface area contributed by atoms with Crippen LogP contribution < -0.4 is 19.5 Å². The Hall–Kier alpha value is -2.74. The van der Waals surface area contributed by atoms with Crippen molar-refractivity contribution in [3.05, 3.63) is 34.7 Å². The lowest BCUT2D eigenvalue weighted by atomic mass is 10.1. The Morgan fingerprint density at radius 3 is 2.17 bits per heavy atom. The lowest BCUT2D eigenvalue weighted by molar-refractivity contribution is 0.0698. The van der Waals surface area contributed by atoms with Crippen molar-refractivity contribution < 1.29 is 28.9 Å². The molecule has 1 aromatic heterocycles. The molecule has 122 valence electrons. The van der Waals surface area contributed by atoms with Crippen molar-refractivity contribution in [3.8, 4) is 17.2 Å². The van der Waals surface area contributed by atoms with Crippen LogP contribution in [0.5, 0.6) is 17.2 Å². The van der Waals surface area contributed by atoms with Crippen molar-refractivity contribution in [1.82, 2.24) is 0 Å². The quantitative estimate of drug-likeness (QED) is 0.842. The molecule has 1 aromatic carbocycles. The average molecular weight is 337 g/mol. The number of ether oxygens (including phenoxy) is 3. The molecule has 1 heterocycles. The molecule has 0 radical (unpaired) electrons. The van der Waals surface area contributed by atoms with Gasteiger partial charge in [0.25, 0.3) is 5.91 Å². The van der Waals surface area contributed by atoms with Crippen molar-refractivity contribution >= 4 is 28.2 Å². The lowest BCUT2D eigenvalue weighted by Crippen LogP contribution is -2.13. The monoisotopic (exact) mass is 337 g/mol. The number of carbonyl (C=O) groups is 2. The summed E-state index contributed by atoms with van der Waals surface area (Å²) in [5.74, 6) is -0.544. The summed E-state index contributed by atoms with van der Waals surface area (Å²) in [6.45, 7) is 0. The molecule has 0 aliphatic rings. The molecule has 0 atom stereocenters. The van der Waals surface area contributed by atoms with Crippen molar-refractivity contribution in [1.29, 1.82) is 0 Å². The molecule has 0 aliphatic heterocycles. The topological polar surface area (TPSA) is 94.1 Å². The predicted octanol–water partition coefficient (Wildman–Crippen LogP) is 2.72. The summed E-state index contributed by atoms with van der Waals surface area (Å²) in [6, 6.07) is 4.41. The highest BCUT2D eigenvalue weighted by atomic mass is 32.1. The number of hydrogen-bond donors (Lipinski definition) is 2. The maximum atomic E-state index is 12.4. The van der Waals surface area contributed by atoms with E-state index >= 15 is 0 Å². The minimum absolute atomic E-state index is 0.0378. The third-order valence-corrected chi connectivity index (χ3v) is 3.88. The standard InChI is InChI=1S/C15H15NO6S/c1-20-10-6-8(7-11(21-2)12(10)22-3)13(17)16-14-9(15(18)19)4-5-23-14/h4-7H,1-3H3,(H,16,17)(H,18,19). The summed E-state index contributed by atoms with van der Waals surface area (Å²) in [5.41, 5.74) is 0.292. The molecular formula is C15H15NO6S. The molecule has 0 aliphatic carbocycles. The van der Waals surface area contributed by atoms with E-state index in [1.807, 2.05) is 0 Å². The number of anilines is 1. The van der Waals surface area contributed by atoms with Gasteiger partial charge in [0.15, 0.2) is 11.5 Å². The fourth-order valence-corrected chi connectivity index (χ4v) is 2.74. The fourth-order valence-electron chi connectivity index (χ4n) is 1.96. The molecule has 1 amide bonds. The van der Waals surface area contributed by atoms with Gasteiger partial charge < -0.3 is 24.6 Å². The minimum Gasteiger partial charge on any atom is -0.493 e. The van der Waals surface area contributed by atoms with Gasteiger partial charge in [-0.05, 0) is 23.6 Å². The van der Waals surface area contributed by atoms with E-state index in [0.717, 1.165) is 11.3 Å². The van der Waals surface area contributed by atoms with Crippen molar-refractivity contribution in [2.45, 2.75) is 0 Å². The number of carboxylic acids is 1. The summed E-state index contributed by atoms with van der Waals surface area (Å²) in [7, 11) is 4.35. The molecule has 0 saturated carbocycles. The number of aromatic carboxylic acids is 1. The van der Waals surface area contributed by atoms with Crippen LogP contribution in [-0.4, -0.2) is 38.3 Å². The number of carboxylic acid groups (broad SMARTS) is 1. The molecule has 0 spiro atoms. The van der Waals surface area contributed by atoms with E-state index in [4.69, 9.17) is 19.3 Å². The van der Waals surface area contributed by atoms with Crippen molar-refractivity contribution in [3.63, 3.8) is 0 Å². The number of methoxy groups -OCH3 is 3. The Kier molecular flexibility index (Phi) is 5.07. The predicted molar refractivity (Wildman–Crippen MR) is 85.3 cm³/mol. The number of carbonyl (C=O) groups excluding carboxylic acids is 1. The number of amides is 1. The normalized spacial score (nSPS) is 10.0. The molecule has 0 saturated heterocycles. The molecule has 2 rings (SSSR count). The second-order valence-corrected chi connectivity index (χ2v) is 5.25. The van der Waals surface area contributed by atoms with Crippen LogP contribution in [-0.2, 0) is 0 Å². The Morgan fingerprint density at radius 2 is 1.70 bits per heavy atom. The molecule has 7 nitrogen and oxygen atoms in total. The van der Waals surface area contributed by atoms with E-state index in [-0.39, 0.29) is 16.1 Å². The van der Waals surface area contributed by atoms with Gasteiger partial charge in [-0.25, -0.2) is 4.79 Å². The van der Waals surface area contributed by atoms with Crippen LogP contribution in [0, 0.1) is 0 Å². The molecule has 0 unspecified atom stereocenters. The molecule has 0 bridgehead atoms. The zero-order valence-electron chi connectivity index (χ0n) is 12.7. The second kappa shape index (κ2) is 7.01. The molecule has 2 aromatic rings. The van der Waals surface area contributed by atoms with Gasteiger partial charge in [-0.15, -0.1) is 11.3 Å². The van der Waals surface area contributed by atoms with E-state index in [0.29, 0.717) is 17.2 Å². The highest BCUT2D eigenvalue weighted by Gasteiger charge is 2.19. The molecular weight excluding hydrogens is 322 g/mol. The Labute approximate surface area is 136 Å². The van der Waals surface area contributed by atoms with Gasteiger partial charge in [0.2, 0.25) is 5.75 Å². The van der Waals surface area contributed by atoms with Crippen LogP contribution >= 0.6 is 11.3 Å². The summed E-state index contributed by atoms with van der Waals surface area (Å²) < 4.78 is 15.6.